The van der Waals surface area contributed by atoms with Crippen molar-refractivity contribution < 1.29 is 22.5 Å². The highest BCUT2D eigenvalue weighted by Gasteiger charge is 2.27. The molecule has 0 aliphatic carbocycles. The summed E-state index contributed by atoms with van der Waals surface area (Å²) in [5.74, 6) is -0.875. The zero-order chi connectivity index (χ0) is 15.5. The smallest absolute Gasteiger partial charge is 0.292 e. The first-order chi connectivity index (χ1) is 9.90. The molecule has 0 bridgehead atoms. The number of nitro groups is 1. The van der Waals surface area contributed by atoms with Crippen LogP contribution in [0.5, 0.6) is 0 Å². The lowest BCUT2D eigenvalue weighted by atomic mass is 10.3. The van der Waals surface area contributed by atoms with Gasteiger partial charge >= 0.3 is 0 Å². The van der Waals surface area contributed by atoms with Crippen LogP contribution in [-0.2, 0) is 14.8 Å². The van der Waals surface area contributed by atoms with Crippen LogP contribution in [0.25, 0.3) is 0 Å². The molecule has 1 heterocycles. The second-order valence-electron chi connectivity index (χ2n) is 4.42. The molecule has 2 N–H and O–H groups in total. The lowest BCUT2D eigenvalue weighted by Crippen LogP contribution is -2.45. The van der Waals surface area contributed by atoms with Crippen molar-refractivity contribution in [3.63, 3.8) is 0 Å². The average molecular weight is 319 g/mol. The molecule has 8 nitrogen and oxygen atoms in total. The van der Waals surface area contributed by atoms with Crippen LogP contribution in [0.2, 0.25) is 0 Å². The number of ether oxygens (including phenoxy) is 1. The first kappa shape index (κ1) is 15.8. The quantitative estimate of drug-likeness (QED) is 0.584. The van der Waals surface area contributed by atoms with Gasteiger partial charge in [0.25, 0.3) is 5.69 Å². The Hall–Kier alpha value is -1.62. The van der Waals surface area contributed by atoms with Gasteiger partial charge in [0, 0.05) is 19.6 Å². The van der Waals surface area contributed by atoms with Gasteiger partial charge < -0.3 is 10.1 Å². The van der Waals surface area contributed by atoms with E-state index in [1.165, 1.54) is 0 Å². The van der Waals surface area contributed by atoms with E-state index in [1.807, 2.05) is 0 Å². The third-order valence-corrected chi connectivity index (χ3v) is 4.38. The molecule has 1 aliphatic heterocycles. The van der Waals surface area contributed by atoms with Gasteiger partial charge in [0.1, 0.15) is 5.82 Å². The van der Waals surface area contributed by atoms with Crippen LogP contribution in [-0.4, -0.2) is 45.7 Å². The number of halogens is 1. The van der Waals surface area contributed by atoms with Crippen LogP contribution in [0, 0.1) is 15.9 Å². The van der Waals surface area contributed by atoms with E-state index in [1.54, 1.807) is 0 Å². The third-order valence-electron chi connectivity index (χ3n) is 2.91. The summed E-state index contributed by atoms with van der Waals surface area (Å²) in [6.07, 6.45) is -0.354. The van der Waals surface area contributed by atoms with Crippen molar-refractivity contribution >= 4 is 15.7 Å². The Labute approximate surface area is 120 Å². The van der Waals surface area contributed by atoms with E-state index in [-0.39, 0.29) is 12.6 Å². The Kier molecular flexibility index (Phi) is 4.83. The molecular weight excluding hydrogens is 305 g/mol. The van der Waals surface area contributed by atoms with Crippen molar-refractivity contribution in [1.29, 1.82) is 0 Å². The molecule has 0 spiro atoms. The minimum absolute atomic E-state index is 0.0239. The Bertz CT molecular complexity index is 631. The Morgan fingerprint density at radius 1 is 1.52 bits per heavy atom. The van der Waals surface area contributed by atoms with Crippen molar-refractivity contribution in [2.75, 3.05) is 26.2 Å². The predicted octanol–water partition coefficient (Wildman–Crippen LogP) is 0.000600. The molecule has 0 radical (unpaired) electrons. The molecule has 10 heteroatoms. The summed E-state index contributed by atoms with van der Waals surface area (Å²) in [5, 5.41) is 13.9. The molecule has 2 rings (SSSR count). The lowest BCUT2D eigenvalue weighted by molar-refractivity contribution is -0.388. The van der Waals surface area contributed by atoms with Crippen LogP contribution < -0.4 is 10.0 Å². The summed E-state index contributed by atoms with van der Waals surface area (Å²) < 4.78 is 44.8. The molecule has 0 aromatic heterocycles. The Balaban J connectivity index is 2.17. The van der Waals surface area contributed by atoms with Gasteiger partial charge in [-0.1, -0.05) is 0 Å². The van der Waals surface area contributed by atoms with E-state index in [4.69, 9.17) is 4.74 Å². The fraction of sp³-hybridized carbons (Fsp3) is 0.455. The Morgan fingerprint density at radius 2 is 2.29 bits per heavy atom. The topological polar surface area (TPSA) is 111 Å². The van der Waals surface area contributed by atoms with E-state index < -0.39 is 31.3 Å². The fourth-order valence-electron chi connectivity index (χ4n) is 1.89. The second kappa shape index (κ2) is 6.43. The van der Waals surface area contributed by atoms with Crippen molar-refractivity contribution in [2.45, 2.75) is 11.0 Å². The van der Waals surface area contributed by atoms with Gasteiger partial charge in [0.15, 0.2) is 4.90 Å². The van der Waals surface area contributed by atoms with Gasteiger partial charge in [0.05, 0.1) is 23.7 Å². The van der Waals surface area contributed by atoms with Crippen molar-refractivity contribution in [3.05, 3.63) is 34.1 Å². The maximum absolute atomic E-state index is 13.0. The zero-order valence-corrected chi connectivity index (χ0v) is 11.7. The summed E-state index contributed by atoms with van der Waals surface area (Å²) >= 11 is 0. The number of morpholine rings is 1. The summed E-state index contributed by atoms with van der Waals surface area (Å²) in [6, 6.07) is 2.31. The molecule has 1 aromatic rings. The molecule has 116 valence electrons. The number of hydrogen-bond acceptors (Lipinski definition) is 6. The normalized spacial score (nSPS) is 19.4. The molecule has 1 saturated heterocycles. The van der Waals surface area contributed by atoms with Gasteiger partial charge in [-0.05, 0) is 12.1 Å². The standard InChI is InChI=1S/C11H14FN3O5S/c12-8-1-2-11(10(5-8)15(16)17)21(18,19)14-7-9-6-13-3-4-20-9/h1-2,5,9,13-14H,3-4,6-7H2. The monoisotopic (exact) mass is 319 g/mol. The van der Waals surface area contributed by atoms with E-state index >= 15 is 0 Å². The van der Waals surface area contributed by atoms with Gasteiger partial charge in [0.2, 0.25) is 10.0 Å². The molecule has 0 amide bonds. The van der Waals surface area contributed by atoms with Crippen LogP contribution in [0.15, 0.2) is 23.1 Å². The number of sulfonamides is 1. The highest BCUT2D eigenvalue weighted by Crippen LogP contribution is 2.24. The van der Waals surface area contributed by atoms with Gasteiger partial charge in [-0.25, -0.2) is 17.5 Å². The fourth-order valence-corrected chi connectivity index (χ4v) is 3.11. The minimum Gasteiger partial charge on any atom is -0.374 e. The number of rotatable bonds is 5. The third kappa shape index (κ3) is 3.94. The number of hydrogen-bond donors (Lipinski definition) is 2. The molecular formula is C11H14FN3O5S. The van der Waals surface area contributed by atoms with Crippen molar-refractivity contribution in [2.24, 2.45) is 0 Å². The highest BCUT2D eigenvalue weighted by molar-refractivity contribution is 7.89. The second-order valence-corrected chi connectivity index (χ2v) is 6.15. The van der Waals surface area contributed by atoms with Crippen molar-refractivity contribution in [1.82, 2.24) is 10.0 Å². The summed E-state index contributed by atoms with van der Waals surface area (Å²) in [7, 11) is -4.12. The highest BCUT2D eigenvalue weighted by atomic mass is 32.2. The number of nitrogens with zero attached hydrogens (tertiary/aromatic N) is 1. The molecule has 1 aliphatic rings. The van der Waals surface area contributed by atoms with Gasteiger partial charge in [-0.3, -0.25) is 10.1 Å². The molecule has 1 unspecified atom stereocenters. The number of nitrogens with one attached hydrogen (secondary N) is 2. The first-order valence-electron chi connectivity index (χ1n) is 6.16. The van der Waals surface area contributed by atoms with Gasteiger partial charge in [-0.15, -0.1) is 0 Å². The zero-order valence-electron chi connectivity index (χ0n) is 10.9. The van der Waals surface area contributed by atoms with E-state index in [0.717, 1.165) is 12.1 Å². The number of benzene rings is 1. The largest absolute Gasteiger partial charge is 0.374 e. The summed E-state index contributed by atoms with van der Waals surface area (Å²) in [5.41, 5.74) is -0.801. The SMILES string of the molecule is O=[N+]([O-])c1cc(F)ccc1S(=O)(=O)NCC1CNCCO1. The molecule has 1 fully saturated rings. The van der Waals surface area contributed by atoms with Crippen molar-refractivity contribution in [3.8, 4) is 0 Å². The molecule has 1 aromatic carbocycles. The van der Waals surface area contributed by atoms with Gasteiger partial charge in [-0.2, -0.15) is 0 Å². The van der Waals surface area contributed by atoms with Crippen LogP contribution in [0.1, 0.15) is 0 Å². The maximum atomic E-state index is 13.0. The minimum atomic E-state index is -4.12. The van der Waals surface area contributed by atoms with E-state index in [2.05, 4.69) is 10.0 Å². The van der Waals surface area contributed by atoms with Crippen LogP contribution in [0.3, 0.4) is 0 Å². The van der Waals surface area contributed by atoms with Crippen LogP contribution >= 0.6 is 0 Å². The average Bonchev–Trinajstić information content (AvgIpc) is 2.46. The summed E-state index contributed by atoms with van der Waals surface area (Å²) in [4.78, 5) is 9.33. The van der Waals surface area contributed by atoms with E-state index in [0.29, 0.717) is 25.8 Å². The molecule has 1 atom stereocenters. The Morgan fingerprint density at radius 3 is 2.90 bits per heavy atom. The summed E-state index contributed by atoms with van der Waals surface area (Å²) in [6.45, 7) is 1.60. The maximum Gasteiger partial charge on any atom is 0.292 e. The first-order valence-corrected chi connectivity index (χ1v) is 7.64. The number of nitro benzene ring substituents is 1. The molecule has 21 heavy (non-hydrogen) atoms. The van der Waals surface area contributed by atoms with Crippen LogP contribution in [0.4, 0.5) is 10.1 Å². The van der Waals surface area contributed by atoms with E-state index in [9.17, 15) is 22.9 Å². The predicted molar refractivity (Wildman–Crippen MR) is 70.9 cm³/mol. The lowest BCUT2D eigenvalue weighted by Gasteiger charge is -2.23. The molecule has 0 saturated carbocycles.